The third-order valence-corrected chi connectivity index (χ3v) is 4.40. The third-order valence-electron chi connectivity index (χ3n) is 3.54. The zero-order valence-corrected chi connectivity index (χ0v) is 14.1. The highest BCUT2D eigenvalue weighted by Crippen LogP contribution is 2.21. The van der Waals surface area contributed by atoms with Crippen LogP contribution in [-0.4, -0.2) is 39.5 Å². The molecule has 24 heavy (non-hydrogen) atoms. The lowest BCUT2D eigenvalue weighted by atomic mass is 10.2. The van der Waals surface area contributed by atoms with E-state index in [1.807, 2.05) is 59.8 Å². The van der Waals surface area contributed by atoms with E-state index in [1.165, 1.54) is 21.6 Å². The minimum atomic E-state index is -0.710. The zero-order valence-electron chi connectivity index (χ0n) is 13.3. The summed E-state index contributed by atoms with van der Waals surface area (Å²) in [5, 5.41) is 16.3. The van der Waals surface area contributed by atoms with Gasteiger partial charge in [0.15, 0.2) is 0 Å². The first-order chi connectivity index (χ1) is 11.6. The van der Waals surface area contributed by atoms with Gasteiger partial charge in [-0.3, -0.25) is 4.90 Å². The predicted molar refractivity (Wildman–Crippen MR) is 92.9 cm³/mol. The maximum Gasteiger partial charge on any atom is 0.437 e. The van der Waals surface area contributed by atoms with E-state index < -0.39 is 11.9 Å². The molecule has 1 atom stereocenters. The van der Waals surface area contributed by atoms with E-state index in [4.69, 9.17) is 4.42 Å². The minimum absolute atomic E-state index is 0.104. The molecule has 0 fully saturated rings. The Morgan fingerprint density at radius 2 is 2.08 bits per heavy atom. The molecular weight excluding hydrogens is 326 g/mol. The van der Waals surface area contributed by atoms with Gasteiger partial charge in [-0.25, -0.2) is 4.79 Å². The summed E-state index contributed by atoms with van der Waals surface area (Å²) in [7, 11) is 1.93. The zero-order chi connectivity index (χ0) is 16.9. The Hall–Kier alpha value is -2.22. The van der Waals surface area contributed by atoms with Crippen LogP contribution in [-0.2, 0) is 13.1 Å². The minimum Gasteiger partial charge on any atom is -0.390 e. The second-order valence-electron chi connectivity index (χ2n) is 5.67. The van der Waals surface area contributed by atoms with Crippen LogP contribution in [0.25, 0.3) is 10.8 Å². The first kappa shape index (κ1) is 16.6. The lowest BCUT2D eigenvalue weighted by Gasteiger charge is -2.20. The Morgan fingerprint density at radius 3 is 2.79 bits per heavy atom. The van der Waals surface area contributed by atoms with Crippen LogP contribution in [0.2, 0.25) is 0 Å². The maximum atomic E-state index is 11.9. The van der Waals surface area contributed by atoms with Gasteiger partial charge < -0.3 is 9.52 Å². The van der Waals surface area contributed by atoms with Crippen molar-refractivity contribution in [2.45, 2.75) is 19.2 Å². The quantitative estimate of drug-likeness (QED) is 0.710. The molecule has 0 aliphatic heterocycles. The van der Waals surface area contributed by atoms with Crippen molar-refractivity contribution in [1.29, 1.82) is 0 Å². The van der Waals surface area contributed by atoms with Gasteiger partial charge >= 0.3 is 5.76 Å². The lowest BCUT2D eigenvalue weighted by Crippen LogP contribution is -2.34. The fourth-order valence-corrected chi connectivity index (χ4v) is 3.14. The Morgan fingerprint density at radius 1 is 1.29 bits per heavy atom. The van der Waals surface area contributed by atoms with Crippen LogP contribution in [0.15, 0.2) is 57.1 Å². The van der Waals surface area contributed by atoms with Crippen LogP contribution >= 0.6 is 11.3 Å². The highest BCUT2D eigenvalue weighted by atomic mass is 32.1. The SMILES string of the molecule is CN(Cc1ccccc1)CC(O)Cn1nc(-c2cccs2)oc1=O. The molecule has 0 aliphatic carbocycles. The Kier molecular flexibility index (Phi) is 5.24. The highest BCUT2D eigenvalue weighted by molar-refractivity contribution is 7.13. The average Bonchev–Trinajstić information content (AvgIpc) is 3.18. The molecule has 126 valence electrons. The van der Waals surface area contributed by atoms with Crippen molar-refractivity contribution in [2.75, 3.05) is 13.6 Å². The number of rotatable bonds is 7. The number of nitrogens with zero attached hydrogens (tertiary/aromatic N) is 3. The van der Waals surface area contributed by atoms with Gasteiger partial charge in [-0.15, -0.1) is 16.4 Å². The molecule has 1 unspecified atom stereocenters. The average molecular weight is 345 g/mol. The van der Waals surface area contributed by atoms with Crippen molar-refractivity contribution in [3.05, 3.63) is 64.0 Å². The molecule has 0 bridgehead atoms. The number of hydrogen-bond donors (Lipinski definition) is 1. The molecule has 3 aromatic rings. The number of benzene rings is 1. The van der Waals surface area contributed by atoms with Crippen LogP contribution in [0.5, 0.6) is 0 Å². The smallest absolute Gasteiger partial charge is 0.390 e. The van der Waals surface area contributed by atoms with Gasteiger partial charge in [-0.1, -0.05) is 36.4 Å². The van der Waals surface area contributed by atoms with E-state index in [2.05, 4.69) is 5.10 Å². The second-order valence-corrected chi connectivity index (χ2v) is 6.62. The van der Waals surface area contributed by atoms with Crippen LogP contribution in [0, 0.1) is 0 Å². The summed E-state index contributed by atoms with van der Waals surface area (Å²) >= 11 is 1.45. The van der Waals surface area contributed by atoms with E-state index in [0.29, 0.717) is 12.4 Å². The largest absolute Gasteiger partial charge is 0.437 e. The summed E-state index contributed by atoms with van der Waals surface area (Å²) in [6.45, 7) is 1.27. The molecule has 0 aliphatic rings. The summed E-state index contributed by atoms with van der Waals surface area (Å²) in [4.78, 5) is 14.7. The Bertz CT molecular complexity index is 811. The molecule has 3 rings (SSSR count). The van der Waals surface area contributed by atoms with Gasteiger partial charge in [0, 0.05) is 13.1 Å². The first-order valence-corrected chi connectivity index (χ1v) is 8.52. The van der Waals surface area contributed by atoms with Crippen molar-refractivity contribution in [3.8, 4) is 10.8 Å². The molecule has 7 heteroatoms. The summed E-state index contributed by atoms with van der Waals surface area (Å²) in [6, 6.07) is 13.7. The number of thiophene rings is 1. The van der Waals surface area contributed by atoms with Crippen LogP contribution in [0.3, 0.4) is 0 Å². The fraction of sp³-hybridized carbons (Fsp3) is 0.294. The summed E-state index contributed by atoms with van der Waals surface area (Å²) in [6.07, 6.45) is -0.710. The lowest BCUT2D eigenvalue weighted by molar-refractivity contribution is 0.102. The fourth-order valence-electron chi connectivity index (χ4n) is 2.50. The topological polar surface area (TPSA) is 71.5 Å². The third kappa shape index (κ3) is 4.19. The number of aliphatic hydroxyl groups excluding tert-OH is 1. The van der Waals surface area contributed by atoms with E-state index in [0.717, 1.165) is 11.4 Å². The van der Waals surface area contributed by atoms with E-state index in [9.17, 15) is 9.90 Å². The molecule has 0 saturated heterocycles. The molecule has 0 radical (unpaired) electrons. The van der Waals surface area contributed by atoms with Crippen molar-refractivity contribution < 1.29 is 9.52 Å². The van der Waals surface area contributed by atoms with Crippen LogP contribution in [0.1, 0.15) is 5.56 Å². The number of aromatic nitrogens is 2. The van der Waals surface area contributed by atoms with Gasteiger partial charge in [0.2, 0.25) is 0 Å². The van der Waals surface area contributed by atoms with Crippen LogP contribution in [0.4, 0.5) is 0 Å². The molecule has 1 aromatic carbocycles. The van der Waals surface area contributed by atoms with E-state index in [1.54, 1.807) is 0 Å². The maximum absolute atomic E-state index is 11.9. The van der Waals surface area contributed by atoms with E-state index >= 15 is 0 Å². The van der Waals surface area contributed by atoms with E-state index in [-0.39, 0.29) is 6.54 Å². The molecule has 0 amide bonds. The molecule has 2 heterocycles. The predicted octanol–water partition coefficient (Wildman–Crippen LogP) is 2.06. The molecule has 6 nitrogen and oxygen atoms in total. The summed E-state index contributed by atoms with van der Waals surface area (Å²) in [5.41, 5.74) is 1.17. The molecule has 0 spiro atoms. The molecule has 0 saturated carbocycles. The first-order valence-electron chi connectivity index (χ1n) is 7.64. The van der Waals surface area contributed by atoms with Gasteiger partial charge in [-0.2, -0.15) is 4.68 Å². The van der Waals surface area contributed by atoms with Gasteiger partial charge in [-0.05, 0) is 24.1 Å². The van der Waals surface area contributed by atoms with Gasteiger partial charge in [0.1, 0.15) is 0 Å². The Balaban J connectivity index is 1.59. The Labute approximate surface area is 143 Å². The van der Waals surface area contributed by atoms with Crippen molar-refractivity contribution in [3.63, 3.8) is 0 Å². The van der Waals surface area contributed by atoms with Crippen LogP contribution < -0.4 is 5.76 Å². The van der Waals surface area contributed by atoms with Gasteiger partial charge in [0.25, 0.3) is 5.89 Å². The standard InChI is InChI=1S/C17H19N3O3S/c1-19(10-13-6-3-2-4-7-13)11-14(21)12-20-17(22)23-16(18-20)15-8-5-9-24-15/h2-9,14,21H,10-12H2,1H3. The normalized spacial score (nSPS) is 12.6. The monoisotopic (exact) mass is 345 g/mol. The molecular formula is C17H19N3O3S. The summed E-state index contributed by atoms with van der Waals surface area (Å²) in [5.74, 6) is -0.261. The molecule has 1 N–H and O–H groups in total. The second kappa shape index (κ2) is 7.57. The van der Waals surface area contributed by atoms with Crippen molar-refractivity contribution in [2.24, 2.45) is 0 Å². The number of hydrogen-bond acceptors (Lipinski definition) is 6. The molecule has 2 aromatic heterocycles. The summed E-state index contributed by atoms with van der Waals surface area (Å²) < 4.78 is 6.32. The van der Waals surface area contributed by atoms with Gasteiger partial charge in [0.05, 0.1) is 17.5 Å². The van der Waals surface area contributed by atoms with Crippen molar-refractivity contribution >= 4 is 11.3 Å². The highest BCUT2D eigenvalue weighted by Gasteiger charge is 2.15. The van der Waals surface area contributed by atoms with Crippen molar-refractivity contribution in [1.82, 2.24) is 14.7 Å². The number of likely N-dealkylation sites (N-methyl/N-ethyl adjacent to an activating group) is 1. The number of aliphatic hydroxyl groups is 1.